The fraction of sp³-hybridized carbons (Fsp3) is 0.158. The summed E-state index contributed by atoms with van der Waals surface area (Å²) in [7, 11) is 0. The van der Waals surface area contributed by atoms with Gasteiger partial charge in [-0.1, -0.05) is 35.5 Å². The van der Waals surface area contributed by atoms with Crippen LogP contribution in [0.1, 0.15) is 12.0 Å². The maximum Gasteiger partial charge on any atom is 0.308 e. The van der Waals surface area contributed by atoms with Crippen LogP contribution in [0.5, 0.6) is 0 Å². The van der Waals surface area contributed by atoms with Crippen molar-refractivity contribution < 1.29 is 9.53 Å². The molecule has 2 aromatic heterocycles. The summed E-state index contributed by atoms with van der Waals surface area (Å²) in [5.74, 6) is -0.373. The number of esters is 1. The van der Waals surface area contributed by atoms with E-state index in [1.54, 1.807) is 35.6 Å². The molecule has 0 spiro atoms. The Bertz CT molecular complexity index is 1150. The molecular weight excluding hydrogens is 350 g/mol. The van der Waals surface area contributed by atoms with Gasteiger partial charge in [0.2, 0.25) is 0 Å². The van der Waals surface area contributed by atoms with Gasteiger partial charge >= 0.3 is 5.97 Å². The number of aromatic nitrogens is 3. The van der Waals surface area contributed by atoms with Crippen LogP contribution in [0.4, 0.5) is 0 Å². The standard InChI is InChI=1S/C19H15N3O3S/c23-18(25-11-13-12-26-17-8-4-2-5-14(13)17)9-10-22-19(24)15-6-1-3-7-16(15)20-21-22/h1-8,12H,9-11H2. The number of nitrogens with zero attached hydrogens (tertiary/aromatic N) is 3. The average Bonchev–Trinajstić information content (AvgIpc) is 3.09. The second kappa shape index (κ2) is 7.05. The number of aryl methyl sites for hydroxylation is 1. The molecule has 0 saturated heterocycles. The highest BCUT2D eigenvalue weighted by Gasteiger charge is 2.10. The highest BCUT2D eigenvalue weighted by Crippen LogP contribution is 2.26. The Morgan fingerprint density at radius 1 is 1.08 bits per heavy atom. The van der Waals surface area contributed by atoms with Crippen molar-refractivity contribution in [3.8, 4) is 0 Å². The molecular formula is C19H15N3O3S. The first kappa shape index (κ1) is 16.4. The van der Waals surface area contributed by atoms with E-state index >= 15 is 0 Å². The second-order valence-electron chi connectivity index (χ2n) is 5.80. The molecule has 6 nitrogen and oxygen atoms in total. The van der Waals surface area contributed by atoms with E-state index in [9.17, 15) is 9.59 Å². The lowest BCUT2D eigenvalue weighted by molar-refractivity contribution is -0.145. The lowest BCUT2D eigenvalue weighted by atomic mass is 10.2. The summed E-state index contributed by atoms with van der Waals surface area (Å²) in [6.45, 7) is 0.362. The van der Waals surface area contributed by atoms with Crippen molar-refractivity contribution in [1.82, 2.24) is 15.0 Å². The van der Waals surface area contributed by atoms with Crippen molar-refractivity contribution in [2.24, 2.45) is 0 Å². The molecule has 0 fully saturated rings. The predicted molar refractivity (Wildman–Crippen MR) is 100 cm³/mol. The Balaban J connectivity index is 1.40. The van der Waals surface area contributed by atoms with E-state index in [-0.39, 0.29) is 31.1 Å². The largest absolute Gasteiger partial charge is 0.461 e. The minimum atomic E-state index is -0.373. The Kier molecular flexibility index (Phi) is 4.45. The van der Waals surface area contributed by atoms with Gasteiger partial charge in [0.05, 0.1) is 18.4 Å². The minimum Gasteiger partial charge on any atom is -0.461 e. The van der Waals surface area contributed by atoms with Gasteiger partial charge in [0, 0.05) is 10.3 Å². The first-order valence-corrected chi connectivity index (χ1v) is 9.03. The molecule has 4 rings (SSSR count). The monoisotopic (exact) mass is 365 g/mol. The number of hydrogen-bond donors (Lipinski definition) is 0. The average molecular weight is 365 g/mol. The number of carbonyl (C=O) groups excluding carboxylic acids is 1. The molecule has 130 valence electrons. The van der Waals surface area contributed by atoms with Crippen LogP contribution < -0.4 is 5.56 Å². The topological polar surface area (TPSA) is 74.1 Å². The van der Waals surface area contributed by atoms with Gasteiger partial charge in [0.25, 0.3) is 5.56 Å². The van der Waals surface area contributed by atoms with Crippen LogP contribution in [0, 0.1) is 0 Å². The third kappa shape index (κ3) is 3.21. The summed E-state index contributed by atoms with van der Waals surface area (Å²) in [6.07, 6.45) is 0.0645. The van der Waals surface area contributed by atoms with Gasteiger partial charge in [-0.3, -0.25) is 9.59 Å². The molecule has 7 heteroatoms. The van der Waals surface area contributed by atoms with E-state index in [0.717, 1.165) is 15.6 Å². The smallest absolute Gasteiger partial charge is 0.308 e. The number of carbonyl (C=O) groups is 1. The lowest BCUT2D eigenvalue weighted by Crippen LogP contribution is -2.25. The zero-order valence-electron chi connectivity index (χ0n) is 13.8. The van der Waals surface area contributed by atoms with E-state index in [1.165, 1.54) is 4.68 Å². The molecule has 0 atom stereocenters. The summed E-state index contributed by atoms with van der Waals surface area (Å²) in [5.41, 5.74) is 1.27. The van der Waals surface area contributed by atoms with Crippen LogP contribution in [0.2, 0.25) is 0 Å². The van der Waals surface area contributed by atoms with Gasteiger partial charge in [0.1, 0.15) is 12.1 Å². The van der Waals surface area contributed by atoms with Gasteiger partial charge in [-0.05, 0) is 29.0 Å². The highest BCUT2D eigenvalue weighted by atomic mass is 32.1. The maximum absolute atomic E-state index is 12.3. The van der Waals surface area contributed by atoms with Crippen molar-refractivity contribution in [2.75, 3.05) is 0 Å². The summed E-state index contributed by atoms with van der Waals surface area (Å²) >= 11 is 1.62. The summed E-state index contributed by atoms with van der Waals surface area (Å²) < 4.78 is 7.71. The van der Waals surface area contributed by atoms with Crippen molar-refractivity contribution in [2.45, 2.75) is 19.6 Å². The van der Waals surface area contributed by atoms with Crippen LogP contribution in [-0.2, 0) is 22.7 Å². The normalized spacial score (nSPS) is 11.1. The predicted octanol–water partition coefficient (Wildman–Crippen LogP) is 3.14. The number of thiophene rings is 1. The molecule has 2 heterocycles. The van der Waals surface area contributed by atoms with Crippen molar-refractivity contribution in [1.29, 1.82) is 0 Å². The fourth-order valence-electron chi connectivity index (χ4n) is 2.74. The Labute approximate surface area is 152 Å². The maximum atomic E-state index is 12.3. The van der Waals surface area contributed by atoms with E-state index in [2.05, 4.69) is 10.3 Å². The summed E-state index contributed by atoms with van der Waals surface area (Å²) in [4.78, 5) is 24.4. The van der Waals surface area contributed by atoms with Gasteiger partial charge in [-0.25, -0.2) is 4.68 Å². The molecule has 4 aromatic rings. The zero-order chi connectivity index (χ0) is 17.9. The quantitative estimate of drug-likeness (QED) is 0.508. The Morgan fingerprint density at radius 2 is 1.85 bits per heavy atom. The molecule has 0 bridgehead atoms. The molecule has 0 aliphatic heterocycles. The number of fused-ring (bicyclic) bond motifs is 2. The van der Waals surface area contributed by atoms with Gasteiger partial charge < -0.3 is 4.74 Å². The lowest BCUT2D eigenvalue weighted by Gasteiger charge is -2.06. The summed E-state index contributed by atoms with van der Waals surface area (Å²) in [6, 6.07) is 15.0. The van der Waals surface area contributed by atoms with Crippen LogP contribution >= 0.6 is 11.3 Å². The van der Waals surface area contributed by atoms with Crippen LogP contribution in [-0.4, -0.2) is 21.0 Å². The van der Waals surface area contributed by atoms with Gasteiger partial charge in [0.15, 0.2) is 0 Å². The number of ether oxygens (including phenoxy) is 1. The van der Waals surface area contributed by atoms with Crippen molar-refractivity contribution >= 4 is 38.3 Å². The number of rotatable bonds is 5. The molecule has 0 saturated carbocycles. The molecule has 0 radical (unpaired) electrons. The van der Waals surface area contributed by atoms with Gasteiger partial charge in [-0.2, -0.15) is 0 Å². The number of hydrogen-bond acceptors (Lipinski definition) is 6. The van der Waals surface area contributed by atoms with Crippen LogP contribution in [0.3, 0.4) is 0 Å². The Hall–Kier alpha value is -3.06. The Morgan fingerprint density at radius 3 is 2.73 bits per heavy atom. The van der Waals surface area contributed by atoms with Gasteiger partial charge in [-0.15, -0.1) is 16.4 Å². The molecule has 0 N–H and O–H groups in total. The van der Waals surface area contributed by atoms with E-state index in [4.69, 9.17) is 4.74 Å². The third-order valence-corrected chi connectivity index (χ3v) is 5.12. The molecule has 0 aliphatic carbocycles. The number of benzene rings is 2. The van der Waals surface area contributed by atoms with Crippen molar-refractivity contribution in [3.05, 3.63) is 69.8 Å². The molecule has 26 heavy (non-hydrogen) atoms. The summed E-state index contributed by atoms with van der Waals surface area (Å²) in [5, 5.41) is 11.5. The molecule has 0 aliphatic rings. The zero-order valence-corrected chi connectivity index (χ0v) is 14.6. The fourth-order valence-corrected chi connectivity index (χ4v) is 3.69. The third-order valence-electron chi connectivity index (χ3n) is 4.11. The van der Waals surface area contributed by atoms with E-state index in [0.29, 0.717) is 10.9 Å². The SMILES string of the molecule is O=C(CCn1nnc2ccccc2c1=O)OCc1csc2ccccc12. The van der Waals surface area contributed by atoms with Crippen molar-refractivity contribution in [3.63, 3.8) is 0 Å². The van der Waals surface area contributed by atoms with Crippen LogP contribution in [0.25, 0.3) is 21.0 Å². The molecule has 0 unspecified atom stereocenters. The second-order valence-corrected chi connectivity index (χ2v) is 6.71. The highest BCUT2D eigenvalue weighted by molar-refractivity contribution is 7.17. The van der Waals surface area contributed by atoms with E-state index in [1.807, 2.05) is 29.6 Å². The first-order valence-electron chi connectivity index (χ1n) is 8.15. The van der Waals surface area contributed by atoms with Crippen LogP contribution in [0.15, 0.2) is 58.7 Å². The minimum absolute atomic E-state index is 0.0645. The van der Waals surface area contributed by atoms with E-state index < -0.39 is 0 Å². The first-order chi connectivity index (χ1) is 12.7. The molecule has 2 aromatic carbocycles. The molecule has 0 amide bonds.